The quantitative estimate of drug-likeness (QED) is 0.848. The van der Waals surface area contributed by atoms with Crippen LogP contribution in [-0.4, -0.2) is 59.7 Å². The Morgan fingerprint density at radius 2 is 1.96 bits per heavy atom. The number of anilines is 1. The first kappa shape index (κ1) is 17.2. The molecular weight excluding hydrogens is 304 g/mol. The van der Waals surface area contributed by atoms with Crippen LogP contribution in [-0.2, 0) is 0 Å². The van der Waals surface area contributed by atoms with Crippen LogP contribution in [0.15, 0.2) is 18.3 Å². The number of aliphatic hydroxyl groups excluding tert-OH is 1. The fourth-order valence-electron chi connectivity index (χ4n) is 3.92. The van der Waals surface area contributed by atoms with Gasteiger partial charge in [-0.3, -0.25) is 9.69 Å². The van der Waals surface area contributed by atoms with E-state index in [1.54, 1.807) is 18.3 Å². The molecular formula is C18H28N4O2. The average Bonchev–Trinajstić information content (AvgIpc) is 2.63. The maximum absolute atomic E-state index is 11.6. The normalized spacial score (nSPS) is 21.6. The van der Waals surface area contributed by atoms with Gasteiger partial charge in [-0.25, -0.2) is 4.98 Å². The summed E-state index contributed by atoms with van der Waals surface area (Å²) in [6.45, 7) is 4.10. The Morgan fingerprint density at radius 1 is 1.25 bits per heavy atom. The van der Waals surface area contributed by atoms with Crippen LogP contribution < -0.4 is 10.6 Å². The monoisotopic (exact) mass is 332 g/mol. The Bertz CT molecular complexity index is 552. The summed E-state index contributed by atoms with van der Waals surface area (Å²) >= 11 is 0. The van der Waals surface area contributed by atoms with Crippen LogP contribution in [0.2, 0.25) is 0 Å². The first-order valence-corrected chi connectivity index (χ1v) is 9.05. The van der Waals surface area contributed by atoms with Crippen LogP contribution in [0.25, 0.3) is 0 Å². The number of primary amides is 1. The molecule has 2 fully saturated rings. The van der Waals surface area contributed by atoms with Crippen LogP contribution in [0.3, 0.4) is 0 Å². The van der Waals surface area contributed by atoms with E-state index in [2.05, 4.69) is 14.8 Å². The van der Waals surface area contributed by atoms with E-state index < -0.39 is 5.91 Å². The minimum Gasteiger partial charge on any atom is -0.392 e. The van der Waals surface area contributed by atoms with Gasteiger partial charge < -0.3 is 15.7 Å². The molecule has 1 amide bonds. The van der Waals surface area contributed by atoms with E-state index in [0.717, 1.165) is 45.6 Å². The van der Waals surface area contributed by atoms with Gasteiger partial charge in [0.1, 0.15) is 5.82 Å². The van der Waals surface area contributed by atoms with E-state index in [4.69, 9.17) is 5.73 Å². The van der Waals surface area contributed by atoms with Crippen molar-refractivity contribution in [3.8, 4) is 0 Å². The number of hydrogen-bond donors (Lipinski definition) is 2. The summed E-state index contributed by atoms with van der Waals surface area (Å²) in [5.41, 5.74) is 5.93. The molecule has 0 bridgehead atoms. The van der Waals surface area contributed by atoms with E-state index in [1.165, 1.54) is 19.3 Å². The molecule has 0 aromatic carbocycles. The first-order chi connectivity index (χ1) is 11.6. The van der Waals surface area contributed by atoms with Gasteiger partial charge in [0.15, 0.2) is 0 Å². The maximum Gasteiger partial charge on any atom is 0.252 e. The average molecular weight is 332 g/mol. The number of piperazine rings is 1. The van der Waals surface area contributed by atoms with Crippen LogP contribution in [0, 0.1) is 5.92 Å². The standard InChI is InChI=1S/C18H28N4O2/c19-17(24)15-7-4-8-20-18(15)22-11-9-21(10-12-22)13-16(23)14-5-2-1-3-6-14/h4,7-8,14,16,23H,1-3,5-6,9-13H2,(H2,19,24). The second-order valence-electron chi connectivity index (χ2n) is 6.99. The van der Waals surface area contributed by atoms with Gasteiger partial charge in [-0.15, -0.1) is 0 Å². The van der Waals surface area contributed by atoms with Crippen molar-refractivity contribution in [3.63, 3.8) is 0 Å². The highest BCUT2D eigenvalue weighted by molar-refractivity contribution is 5.97. The van der Waals surface area contributed by atoms with Crippen molar-refractivity contribution in [3.05, 3.63) is 23.9 Å². The van der Waals surface area contributed by atoms with Crippen LogP contribution in [0.4, 0.5) is 5.82 Å². The largest absolute Gasteiger partial charge is 0.392 e. The molecule has 0 radical (unpaired) electrons. The summed E-state index contributed by atoms with van der Waals surface area (Å²) < 4.78 is 0. The third-order valence-electron chi connectivity index (χ3n) is 5.36. The number of amides is 1. The molecule has 1 atom stereocenters. The third kappa shape index (κ3) is 4.05. The fourth-order valence-corrected chi connectivity index (χ4v) is 3.92. The summed E-state index contributed by atoms with van der Waals surface area (Å²) in [5.74, 6) is 0.708. The Hall–Kier alpha value is -1.66. The second-order valence-corrected chi connectivity index (χ2v) is 6.99. The van der Waals surface area contributed by atoms with Crippen molar-refractivity contribution in [2.24, 2.45) is 11.7 Å². The molecule has 1 unspecified atom stereocenters. The van der Waals surface area contributed by atoms with Crippen molar-refractivity contribution in [1.29, 1.82) is 0 Å². The van der Waals surface area contributed by atoms with Gasteiger partial charge in [0.2, 0.25) is 0 Å². The van der Waals surface area contributed by atoms with Gasteiger partial charge in [-0.05, 0) is 30.9 Å². The predicted octanol–water partition coefficient (Wildman–Crippen LogP) is 1.24. The highest BCUT2D eigenvalue weighted by Crippen LogP contribution is 2.27. The Morgan fingerprint density at radius 3 is 2.62 bits per heavy atom. The van der Waals surface area contributed by atoms with Crippen molar-refractivity contribution >= 4 is 11.7 Å². The van der Waals surface area contributed by atoms with Gasteiger partial charge in [0.25, 0.3) is 5.91 Å². The molecule has 1 saturated carbocycles. The van der Waals surface area contributed by atoms with E-state index in [0.29, 0.717) is 17.3 Å². The summed E-state index contributed by atoms with van der Waals surface area (Å²) in [7, 11) is 0. The lowest BCUT2D eigenvalue weighted by Gasteiger charge is -2.38. The number of carbonyl (C=O) groups is 1. The fraction of sp³-hybridized carbons (Fsp3) is 0.667. The molecule has 24 heavy (non-hydrogen) atoms. The zero-order chi connectivity index (χ0) is 16.9. The highest BCUT2D eigenvalue weighted by Gasteiger charge is 2.26. The Labute approximate surface area is 143 Å². The van der Waals surface area contributed by atoms with Crippen molar-refractivity contribution in [1.82, 2.24) is 9.88 Å². The molecule has 132 valence electrons. The molecule has 1 aromatic heterocycles. The van der Waals surface area contributed by atoms with Gasteiger partial charge in [0, 0.05) is 38.9 Å². The Kier molecular flexibility index (Phi) is 5.68. The molecule has 1 aromatic rings. The molecule has 3 rings (SSSR count). The number of nitrogens with two attached hydrogens (primary N) is 1. The summed E-state index contributed by atoms with van der Waals surface area (Å²) in [5, 5.41) is 10.5. The van der Waals surface area contributed by atoms with Crippen molar-refractivity contribution < 1.29 is 9.90 Å². The summed E-state index contributed by atoms with van der Waals surface area (Å²) in [4.78, 5) is 20.3. The molecule has 2 heterocycles. The number of aromatic nitrogens is 1. The van der Waals surface area contributed by atoms with E-state index in [-0.39, 0.29) is 6.10 Å². The molecule has 3 N–H and O–H groups in total. The molecule has 0 spiro atoms. The highest BCUT2D eigenvalue weighted by atomic mass is 16.3. The minimum absolute atomic E-state index is 0.215. The van der Waals surface area contributed by atoms with Gasteiger partial charge in [-0.1, -0.05) is 19.3 Å². The zero-order valence-corrected chi connectivity index (χ0v) is 14.2. The van der Waals surface area contributed by atoms with E-state index in [9.17, 15) is 9.90 Å². The molecule has 1 aliphatic carbocycles. The number of aliphatic hydroxyl groups is 1. The summed E-state index contributed by atoms with van der Waals surface area (Å²) in [6, 6.07) is 3.46. The molecule has 1 saturated heterocycles. The SMILES string of the molecule is NC(=O)c1cccnc1N1CCN(CC(O)C2CCCCC2)CC1. The van der Waals surface area contributed by atoms with Gasteiger partial charge in [-0.2, -0.15) is 0 Å². The van der Waals surface area contributed by atoms with Gasteiger partial charge in [0.05, 0.1) is 11.7 Å². The summed E-state index contributed by atoms with van der Waals surface area (Å²) in [6.07, 6.45) is 7.63. The minimum atomic E-state index is -0.437. The number of carbonyl (C=O) groups excluding carboxylic acids is 1. The molecule has 1 aliphatic heterocycles. The maximum atomic E-state index is 11.6. The van der Waals surface area contributed by atoms with Crippen molar-refractivity contribution in [2.75, 3.05) is 37.6 Å². The Balaban J connectivity index is 1.53. The zero-order valence-electron chi connectivity index (χ0n) is 14.2. The first-order valence-electron chi connectivity index (χ1n) is 9.05. The van der Waals surface area contributed by atoms with Gasteiger partial charge >= 0.3 is 0 Å². The molecule has 6 heteroatoms. The van der Waals surface area contributed by atoms with Crippen LogP contribution in [0.5, 0.6) is 0 Å². The van der Waals surface area contributed by atoms with Crippen LogP contribution >= 0.6 is 0 Å². The van der Waals surface area contributed by atoms with Crippen molar-refractivity contribution in [2.45, 2.75) is 38.2 Å². The smallest absolute Gasteiger partial charge is 0.252 e. The van der Waals surface area contributed by atoms with E-state index in [1.807, 2.05) is 0 Å². The number of pyridine rings is 1. The predicted molar refractivity (Wildman–Crippen MR) is 94.0 cm³/mol. The van der Waals surface area contributed by atoms with Crippen LogP contribution in [0.1, 0.15) is 42.5 Å². The lowest BCUT2D eigenvalue weighted by molar-refractivity contribution is 0.0459. The number of rotatable bonds is 5. The van der Waals surface area contributed by atoms with E-state index >= 15 is 0 Å². The number of β-amino-alcohol motifs (C(OH)–C–C–N with tert-alkyl or cyclic N) is 1. The molecule has 2 aliphatic rings. The molecule has 6 nitrogen and oxygen atoms in total. The topological polar surface area (TPSA) is 82.7 Å². The second kappa shape index (κ2) is 7.94. The lowest BCUT2D eigenvalue weighted by Crippen LogP contribution is -2.50. The number of nitrogens with zero attached hydrogens (tertiary/aromatic N) is 3. The third-order valence-corrected chi connectivity index (χ3v) is 5.36. The number of hydrogen-bond acceptors (Lipinski definition) is 5. The lowest BCUT2D eigenvalue weighted by atomic mass is 9.85.